The van der Waals surface area contributed by atoms with E-state index < -0.39 is 0 Å². The van der Waals surface area contributed by atoms with Crippen LogP contribution in [0.3, 0.4) is 0 Å². The van der Waals surface area contributed by atoms with Gasteiger partial charge in [-0.05, 0) is 41.6 Å². The van der Waals surface area contributed by atoms with E-state index in [1.807, 2.05) is 18.2 Å². The van der Waals surface area contributed by atoms with Gasteiger partial charge in [0.25, 0.3) is 0 Å². The summed E-state index contributed by atoms with van der Waals surface area (Å²) in [5.41, 5.74) is 4.22. The fourth-order valence-corrected chi connectivity index (χ4v) is 2.95. The van der Waals surface area contributed by atoms with Crippen LogP contribution in [0.4, 0.5) is 0 Å². The Morgan fingerprint density at radius 3 is 2.67 bits per heavy atom. The molecule has 3 aromatic rings. The molecule has 0 radical (unpaired) electrons. The molecule has 0 fully saturated rings. The molecule has 3 nitrogen and oxygen atoms in total. The monoisotopic (exact) mass is 316 g/mol. The number of ether oxygens (including phenoxy) is 2. The summed E-state index contributed by atoms with van der Waals surface area (Å²) in [6, 6.07) is 16.4. The van der Waals surface area contributed by atoms with Gasteiger partial charge in [-0.2, -0.15) is 0 Å². The lowest BCUT2D eigenvalue weighted by molar-refractivity contribution is 0.175. The van der Waals surface area contributed by atoms with Crippen molar-refractivity contribution in [1.82, 2.24) is 0 Å². The van der Waals surface area contributed by atoms with E-state index in [-0.39, 0.29) is 13.4 Å². The number of fused-ring (bicyclic) bond motifs is 3. The highest BCUT2D eigenvalue weighted by Crippen LogP contribution is 2.41. The first kappa shape index (κ1) is 14.6. The number of hydrogen-bond donors (Lipinski definition) is 1. The molecule has 0 saturated heterocycles. The Balaban J connectivity index is 1.98. The number of aliphatic hydroxyl groups excluding tert-OH is 1. The fourth-order valence-electron chi connectivity index (χ4n) is 2.95. The molecule has 1 aliphatic heterocycles. The molecular weight excluding hydrogens is 300 g/mol. The summed E-state index contributed by atoms with van der Waals surface area (Å²) in [6.07, 6.45) is 0. The average Bonchev–Trinajstić information content (AvgIpc) is 3.09. The Kier molecular flexibility index (Phi) is 3.60. The van der Waals surface area contributed by atoms with Crippen LogP contribution < -0.4 is 9.47 Å². The Bertz CT molecular complexity index is 976. The maximum Gasteiger partial charge on any atom is 0.231 e. The second-order valence-electron chi connectivity index (χ2n) is 5.74. The van der Waals surface area contributed by atoms with Gasteiger partial charge >= 0.3 is 0 Å². The number of hydrogen-bond acceptors (Lipinski definition) is 3. The van der Waals surface area contributed by atoms with E-state index in [9.17, 15) is 0 Å². The molecule has 0 unspecified atom stereocenters. The molecule has 0 saturated carbocycles. The van der Waals surface area contributed by atoms with Crippen LogP contribution in [0.1, 0.15) is 11.1 Å². The van der Waals surface area contributed by atoms with E-state index in [0.29, 0.717) is 0 Å². The highest BCUT2D eigenvalue weighted by Gasteiger charge is 2.18. The smallest absolute Gasteiger partial charge is 0.231 e. The van der Waals surface area contributed by atoms with Crippen molar-refractivity contribution in [3.8, 4) is 34.5 Å². The topological polar surface area (TPSA) is 38.7 Å². The molecule has 4 rings (SSSR count). The second kappa shape index (κ2) is 5.92. The first-order valence-corrected chi connectivity index (χ1v) is 7.79. The zero-order valence-corrected chi connectivity index (χ0v) is 13.3. The molecule has 0 amide bonds. The molecule has 118 valence electrons. The SMILES string of the molecule is Cc1ccc(-c2cc3ccc4c(c3cc2C#CCO)OCO4)cc1. The summed E-state index contributed by atoms with van der Waals surface area (Å²) >= 11 is 0. The molecule has 0 atom stereocenters. The fraction of sp³-hybridized carbons (Fsp3) is 0.143. The molecule has 3 heteroatoms. The van der Waals surface area contributed by atoms with Gasteiger partial charge in [-0.15, -0.1) is 0 Å². The quantitative estimate of drug-likeness (QED) is 0.692. The van der Waals surface area contributed by atoms with Gasteiger partial charge in [-0.3, -0.25) is 0 Å². The second-order valence-corrected chi connectivity index (χ2v) is 5.74. The van der Waals surface area contributed by atoms with Crippen LogP contribution in [-0.4, -0.2) is 18.5 Å². The van der Waals surface area contributed by atoms with Crippen molar-refractivity contribution >= 4 is 10.8 Å². The van der Waals surface area contributed by atoms with Crippen LogP contribution in [-0.2, 0) is 0 Å². The van der Waals surface area contributed by atoms with Crippen LogP contribution in [0.5, 0.6) is 11.5 Å². The summed E-state index contributed by atoms with van der Waals surface area (Å²) in [5, 5.41) is 11.1. The van der Waals surface area contributed by atoms with Crippen molar-refractivity contribution in [2.24, 2.45) is 0 Å². The molecule has 24 heavy (non-hydrogen) atoms. The normalized spacial score (nSPS) is 12.1. The maximum atomic E-state index is 9.08. The van der Waals surface area contributed by atoms with Crippen LogP contribution in [0.15, 0.2) is 48.5 Å². The van der Waals surface area contributed by atoms with Gasteiger partial charge in [0.1, 0.15) is 6.61 Å². The minimum absolute atomic E-state index is 0.169. The predicted octanol–water partition coefficient (Wildman–Crippen LogP) is 3.89. The van der Waals surface area contributed by atoms with Crippen LogP contribution in [0.2, 0.25) is 0 Å². The zero-order chi connectivity index (χ0) is 16.5. The van der Waals surface area contributed by atoms with Crippen molar-refractivity contribution in [3.05, 3.63) is 59.7 Å². The van der Waals surface area contributed by atoms with Gasteiger partial charge in [0.15, 0.2) is 11.5 Å². The summed E-state index contributed by atoms with van der Waals surface area (Å²) < 4.78 is 11.1. The molecule has 0 bridgehead atoms. The van der Waals surface area contributed by atoms with Crippen molar-refractivity contribution in [1.29, 1.82) is 0 Å². The maximum absolute atomic E-state index is 9.08. The van der Waals surface area contributed by atoms with E-state index in [0.717, 1.165) is 39.0 Å². The molecule has 0 spiro atoms. The van der Waals surface area contributed by atoms with Gasteiger partial charge in [-0.25, -0.2) is 0 Å². The zero-order valence-electron chi connectivity index (χ0n) is 13.3. The highest BCUT2D eigenvalue weighted by atomic mass is 16.7. The number of rotatable bonds is 1. The van der Waals surface area contributed by atoms with Gasteiger partial charge in [0.05, 0.1) is 0 Å². The largest absolute Gasteiger partial charge is 0.454 e. The van der Waals surface area contributed by atoms with Crippen molar-refractivity contribution < 1.29 is 14.6 Å². The van der Waals surface area contributed by atoms with Gasteiger partial charge in [-0.1, -0.05) is 47.7 Å². The summed E-state index contributed by atoms with van der Waals surface area (Å²) in [7, 11) is 0. The lowest BCUT2D eigenvalue weighted by atomic mass is 9.94. The number of benzene rings is 3. The Morgan fingerprint density at radius 1 is 1.04 bits per heavy atom. The Labute approximate surface area is 140 Å². The number of aryl methyl sites for hydroxylation is 1. The lowest BCUT2D eigenvalue weighted by Crippen LogP contribution is -1.93. The van der Waals surface area contributed by atoms with Crippen LogP contribution in [0.25, 0.3) is 21.9 Å². The van der Waals surface area contributed by atoms with Gasteiger partial charge < -0.3 is 14.6 Å². The first-order valence-electron chi connectivity index (χ1n) is 7.79. The molecule has 3 aromatic carbocycles. The molecule has 1 N–H and O–H groups in total. The van der Waals surface area contributed by atoms with E-state index in [1.165, 1.54) is 5.56 Å². The van der Waals surface area contributed by atoms with Crippen LogP contribution in [0, 0.1) is 18.8 Å². The highest BCUT2D eigenvalue weighted by molar-refractivity contribution is 5.96. The summed E-state index contributed by atoms with van der Waals surface area (Å²) in [5.74, 6) is 7.33. The molecule has 0 aliphatic carbocycles. The van der Waals surface area contributed by atoms with Gasteiger partial charge in [0.2, 0.25) is 6.79 Å². The first-order chi connectivity index (χ1) is 11.8. The van der Waals surface area contributed by atoms with E-state index >= 15 is 0 Å². The van der Waals surface area contributed by atoms with E-state index in [1.54, 1.807) is 0 Å². The van der Waals surface area contributed by atoms with Crippen molar-refractivity contribution in [2.75, 3.05) is 13.4 Å². The molecule has 0 aromatic heterocycles. The minimum atomic E-state index is -0.169. The molecule has 1 heterocycles. The summed E-state index contributed by atoms with van der Waals surface area (Å²) in [4.78, 5) is 0. The molecular formula is C21H16O3. The third kappa shape index (κ3) is 2.47. The van der Waals surface area contributed by atoms with Crippen molar-refractivity contribution in [2.45, 2.75) is 6.92 Å². The predicted molar refractivity (Wildman–Crippen MR) is 94.2 cm³/mol. The molecule has 1 aliphatic rings. The standard InChI is InChI=1S/C21H16O3/c1-14-4-6-15(7-5-14)18-11-17-8-9-20-21(24-13-23-20)19(17)12-16(18)3-2-10-22/h4-9,11-12,22H,10,13H2,1H3. The lowest BCUT2D eigenvalue weighted by Gasteiger charge is -2.10. The summed E-state index contributed by atoms with van der Waals surface area (Å²) in [6.45, 7) is 2.14. The minimum Gasteiger partial charge on any atom is -0.454 e. The Morgan fingerprint density at radius 2 is 1.88 bits per heavy atom. The Hall–Kier alpha value is -2.96. The van der Waals surface area contributed by atoms with Crippen LogP contribution >= 0.6 is 0 Å². The number of aliphatic hydroxyl groups is 1. The van der Waals surface area contributed by atoms with Crippen molar-refractivity contribution in [3.63, 3.8) is 0 Å². The third-order valence-corrected chi connectivity index (χ3v) is 4.15. The third-order valence-electron chi connectivity index (χ3n) is 4.15. The van der Waals surface area contributed by atoms with Gasteiger partial charge in [0, 0.05) is 10.9 Å². The van der Waals surface area contributed by atoms with E-state index in [4.69, 9.17) is 14.6 Å². The average molecular weight is 316 g/mol. The van der Waals surface area contributed by atoms with E-state index in [2.05, 4.69) is 49.1 Å².